The van der Waals surface area contributed by atoms with Crippen LogP contribution in [0.4, 0.5) is 0 Å². The summed E-state index contributed by atoms with van der Waals surface area (Å²) in [5.41, 5.74) is 0.715. The summed E-state index contributed by atoms with van der Waals surface area (Å²) in [6.45, 7) is 4.15. The maximum atomic E-state index is 12.6. The third-order valence-electron chi connectivity index (χ3n) is 3.62. The van der Waals surface area contributed by atoms with Gasteiger partial charge in [0.2, 0.25) is 10.0 Å². The fourth-order valence-electron chi connectivity index (χ4n) is 1.91. The molecule has 0 atom stereocenters. The van der Waals surface area contributed by atoms with Crippen LogP contribution in [0, 0.1) is 0 Å². The number of nitrogens with zero attached hydrogens (tertiary/aromatic N) is 1. The SMILES string of the molecule is CC(C)N(C)S(=O)(=O)c1cc(Cl)cc(CNC2CC2)c1Cl. The van der Waals surface area contributed by atoms with Crippen molar-refractivity contribution in [2.75, 3.05) is 7.05 Å². The Morgan fingerprint density at radius 1 is 1.33 bits per heavy atom. The first kappa shape index (κ1) is 17.0. The summed E-state index contributed by atoms with van der Waals surface area (Å²) in [6, 6.07) is 3.49. The highest BCUT2D eigenvalue weighted by atomic mass is 35.5. The van der Waals surface area contributed by atoms with Gasteiger partial charge in [-0.15, -0.1) is 0 Å². The summed E-state index contributed by atoms with van der Waals surface area (Å²) >= 11 is 12.4. The van der Waals surface area contributed by atoms with Crippen molar-refractivity contribution < 1.29 is 8.42 Å². The number of benzene rings is 1. The van der Waals surface area contributed by atoms with E-state index in [4.69, 9.17) is 23.2 Å². The monoisotopic (exact) mass is 350 g/mol. The van der Waals surface area contributed by atoms with Gasteiger partial charge in [-0.2, -0.15) is 4.31 Å². The van der Waals surface area contributed by atoms with E-state index in [0.717, 1.165) is 12.8 Å². The third kappa shape index (κ3) is 3.90. The van der Waals surface area contributed by atoms with Crippen molar-refractivity contribution >= 4 is 33.2 Å². The van der Waals surface area contributed by atoms with Gasteiger partial charge in [0.05, 0.1) is 5.02 Å². The molecule has 0 saturated heterocycles. The molecule has 1 saturated carbocycles. The van der Waals surface area contributed by atoms with Crippen LogP contribution in [0.25, 0.3) is 0 Å². The maximum absolute atomic E-state index is 12.6. The van der Waals surface area contributed by atoms with Crippen molar-refractivity contribution in [2.45, 2.75) is 50.2 Å². The van der Waals surface area contributed by atoms with Gasteiger partial charge in [0.25, 0.3) is 0 Å². The minimum absolute atomic E-state index is 0.0699. The topological polar surface area (TPSA) is 49.4 Å². The predicted octanol–water partition coefficient (Wildman–Crippen LogP) is 3.27. The number of hydrogen-bond donors (Lipinski definition) is 1. The molecule has 7 heteroatoms. The van der Waals surface area contributed by atoms with Gasteiger partial charge in [-0.3, -0.25) is 0 Å². The highest BCUT2D eigenvalue weighted by Crippen LogP contribution is 2.32. The first-order valence-electron chi connectivity index (χ1n) is 6.93. The van der Waals surface area contributed by atoms with Crippen LogP contribution in [-0.4, -0.2) is 31.9 Å². The molecule has 0 radical (unpaired) electrons. The van der Waals surface area contributed by atoms with Gasteiger partial charge in [-0.05, 0) is 44.4 Å². The molecule has 1 aliphatic rings. The van der Waals surface area contributed by atoms with E-state index in [2.05, 4.69) is 5.32 Å². The number of sulfonamides is 1. The zero-order valence-electron chi connectivity index (χ0n) is 12.4. The van der Waals surface area contributed by atoms with Crippen LogP contribution < -0.4 is 5.32 Å². The molecule has 0 spiro atoms. The standard InChI is InChI=1S/C14H20Cl2N2O2S/c1-9(2)18(3)21(19,20)13-7-11(15)6-10(14(13)16)8-17-12-4-5-12/h6-7,9,12,17H,4-5,8H2,1-3H3. The van der Waals surface area contributed by atoms with Crippen molar-refractivity contribution in [2.24, 2.45) is 0 Å². The van der Waals surface area contributed by atoms with Crippen LogP contribution in [0.3, 0.4) is 0 Å². The van der Waals surface area contributed by atoms with E-state index < -0.39 is 10.0 Å². The fraction of sp³-hybridized carbons (Fsp3) is 0.571. The summed E-state index contributed by atoms with van der Waals surface area (Å²) in [4.78, 5) is 0.0699. The summed E-state index contributed by atoms with van der Waals surface area (Å²) in [5, 5.41) is 3.95. The number of hydrogen-bond acceptors (Lipinski definition) is 3. The Hall–Kier alpha value is -0.330. The van der Waals surface area contributed by atoms with Gasteiger partial charge in [-0.1, -0.05) is 23.2 Å². The lowest BCUT2D eigenvalue weighted by molar-refractivity contribution is 0.410. The van der Waals surface area contributed by atoms with Crippen molar-refractivity contribution in [1.82, 2.24) is 9.62 Å². The fourth-order valence-corrected chi connectivity index (χ4v) is 4.18. The van der Waals surface area contributed by atoms with Crippen LogP contribution in [0.15, 0.2) is 17.0 Å². The molecule has 1 aliphatic carbocycles. The Morgan fingerprint density at radius 3 is 2.48 bits per heavy atom. The first-order chi connectivity index (χ1) is 9.73. The second-order valence-electron chi connectivity index (χ2n) is 5.65. The quantitative estimate of drug-likeness (QED) is 0.856. The molecule has 0 aliphatic heterocycles. The van der Waals surface area contributed by atoms with E-state index in [1.807, 2.05) is 13.8 Å². The number of nitrogens with one attached hydrogen (secondary N) is 1. The number of rotatable bonds is 6. The highest BCUT2D eigenvalue weighted by molar-refractivity contribution is 7.89. The second-order valence-corrected chi connectivity index (χ2v) is 8.43. The van der Waals surface area contributed by atoms with Crippen molar-refractivity contribution in [3.8, 4) is 0 Å². The predicted molar refractivity (Wildman–Crippen MR) is 86.4 cm³/mol. The van der Waals surface area contributed by atoms with Crippen LogP contribution in [0.1, 0.15) is 32.3 Å². The molecule has 4 nitrogen and oxygen atoms in total. The Morgan fingerprint density at radius 2 is 1.95 bits per heavy atom. The zero-order chi connectivity index (χ0) is 15.8. The van der Waals surface area contributed by atoms with Gasteiger partial charge in [0, 0.05) is 30.7 Å². The van der Waals surface area contributed by atoms with Crippen molar-refractivity contribution in [3.05, 3.63) is 27.7 Å². The Labute approximate surface area is 136 Å². The molecule has 1 fully saturated rings. The lowest BCUT2D eigenvalue weighted by Crippen LogP contribution is -2.33. The van der Waals surface area contributed by atoms with Crippen molar-refractivity contribution in [3.63, 3.8) is 0 Å². The van der Waals surface area contributed by atoms with E-state index in [1.165, 1.54) is 10.4 Å². The molecule has 0 unspecified atom stereocenters. The lowest BCUT2D eigenvalue weighted by Gasteiger charge is -2.22. The Balaban J connectivity index is 2.38. The van der Waals surface area contributed by atoms with E-state index in [-0.39, 0.29) is 16.0 Å². The minimum atomic E-state index is -3.65. The van der Waals surface area contributed by atoms with E-state index >= 15 is 0 Å². The molecule has 1 aromatic carbocycles. The first-order valence-corrected chi connectivity index (χ1v) is 9.12. The third-order valence-corrected chi connectivity index (χ3v) is 6.46. The van der Waals surface area contributed by atoms with E-state index in [9.17, 15) is 8.42 Å². The Bertz CT molecular complexity index is 628. The average molecular weight is 351 g/mol. The molecule has 0 bridgehead atoms. The smallest absolute Gasteiger partial charge is 0.244 e. The molecular formula is C14H20Cl2N2O2S. The maximum Gasteiger partial charge on any atom is 0.244 e. The highest BCUT2D eigenvalue weighted by Gasteiger charge is 2.28. The summed E-state index contributed by atoms with van der Waals surface area (Å²) in [6.07, 6.45) is 2.30. The second kappa shape index (κ2) is 6.42. The molecular weight excluding hydrogens is 331 g/mol. The van der Waals surface area contributed by atoms with Gasteiger partial charge in [-0.25, -0.2) is 8.42 Å². The number of halogens is 2. The molecule has 0 amide bonds. The minimum Gasteiger partial charge on any atom is -0.310 e. The van der Waals surface area contributed by atoms with Gasteiger partial charge in [0.1, 0.15) is 4.90 Å². The van der Waals surface area contributed by atoms with Crippen LogP contribution in [-0.2, 0) is 16.6 Å². The molecule has 118 valence electrons. The van der Waals surface area contributed by atoms with Crippen LogP contribution >= 0.6 is 23.2 Å². The van der Waals surface area contributed by atoms with Gasteiger partial charge < -0.3 is 5.32 Å². The molecule has 1 N–H and O–H groups in total. The van der Waals surface area contributed by atoms with Crippen LogP contribution in [0.5, 0.6) is 0 Å². The van der Waals surface area contributed by atoms with E-state index in [1.54, 1.807) is 13.1 Å². The Kier molecular flexibility index (Phi) is 5.21. The molecule has 1 aromatic rings. The molecule has 0 aromatic heterocycles. The summed E-state index contributed by atoms with van der Waals surface area (Å²) in [5.74, 6) is 0. The summed E-state index contributed by atoms with van der Waals surface area (Å²) < 4.78 is 26.5. The molecule has 2 rings (SSSR count). The molecule has 0 heterocycles. The summed E-state index contributed by atoms with van der Waals surface area (Å²) in [7, 11) is -2.11. The normalized spacial score (nSPS) is 16.0. The van der Waals surface area contributed by atoms with Gasteiger partial charge >= 0.3 is 0 Å². The van der Waals surface area contributed by atoms with Crippen LogP contribution in [0.2, 0.25) is 10.0 Å². The van der Waals surface area contributed by atoms with Crippen molar-refractivity contribution in [1.29, 1.82) is 0 Å². The average Bonchev–Trinajstić information content (AvgIpc) is 3.22. The van der Waals surface area contributed by atoms with Gasteiger partial charge in [0.15, 0.2) is 0 Å². The van der Waals surface area contributed by atoms with E-state index in [0.29, 0.717) is 23.2 Å². The molecule has 21 heavy (non-hydrogen) atoms. The zero-order valence-corrected chi connectivity index (χ0v) is 14.7. The largest absolute Gasteiger partial charge is 0.310 e. The lowest BCUT2D eigenvalue weighted by atomic mass is 10.2.